The second kappa shape index (κ2) is 5.24. The number of rotatable bonds is 3. The number of carbonyl (C=O) groups excluding carboxylic acids is 1. The van der Waals surface area contributed by atoms with E-state index in [1.54, 1.807) is 6.92 Å². The third kappa shape index (κ3) is 3.01. The van der Waals surface area contributed by atoms with Crippen LogP contribution in [-0.4, -0.2) is 5.91 Å². The molecule has 1 unspecified atom stereocenters. The molecule has 2 aromatic rings. The fraction of sp³-hybridized carbons (Fsp3) is 0.188. The molecule has 19 heavy (non-hydrogen) atoms. The highest BCUT2D eigenvalue weighted by Gasteiger charge is 2.30. The van der Waals surface area contributed by atoms with Crippen LogP contribution in [0.2, 0.25) is 0 Å². The number of nitrogens with one attached hydrogen (secondary N) is 1. The van der Waals surface area contributed by atoms with E-state index in [0.29, 0.717) is 0 Å². The third-order valence-electron chi connectivity index (χ3n) is 3.15. The molecule has 3 N–H and O–H groups in total. The Labute approximate surface area is 113 Å². The van der Waals surface area contributed by atoms with Gasteiger partial charge in [0.15, 0.2) is 0 Å². The van der Waals surface area contributed by atoms with E-state index in [4.69, 9.17) is 5.73 Å². The van der Waals surface area contributed by atoms with Gasteiger partial charge in [0, 0.05) is 5.69 Å². The zero-order valence-electron chi connectivity index (χ0n) is 11.2. The average molecular weight is 254 g/mol. The van der Waals surface area contributed by atoms with Gasteiger partial charge in [0.2, 0.25) is 5.91 Å². The molecule has 1 amide bonds. The standard InChI is InChI=1S/C16H18N2O/c1-12-8-10-14(11-9-12)18-15(19)16(2,17)13-6-4-3-5-7-13/h3-11H,17H2,1-2H3,(H,18,19). The maximum Gasteiger partial charge on any atom is 0.248 e. The molecule has 2 rings (SSSR count). The summed E-state index contributed by atoms with van der Waals surface area (Å²) in [6.45, 7) is 3.72. The number of hydrogen-bond donors (Lipinski definition) is 2. The van der Waals surface area contributed by atoms with Crippen molar-refractivity contribution in [3.05, 3.63) is 65.7 Å². The summed E-state index contributed by atoms with van der Waals surface area (Å²) in [6.07, 6.45) is 0. The highest BCUT2D eigenvalue weighted by molar-refractivity contribution is 5.98. The molecule has 3 nitrogen and oxygen atoms in total. The summed E-state index contributed by atoms with van der Waals surface area (Å²) in [6, 6.07) is 17.0. The van der Waals surface area contributed by atoms with Crippen LogP contribution in [0.15, 0.2) is 54.6 Å². The van der Waals surface area contributed by atoms with E-state index >= 15 is 0 Å². The van der Waals surface area contributed by atoms with Crippen LogP contribution in [0.5, 0.6) is 0 Å². The lowest BCUT2D eigenvalue weighted by atomic mass is 9.92. The Morgan fingerprint density at radius 1 is 1.05 bits per heavy atom. The number of anilines is 1. The lowest BCUT2D eigenvalue weighted by molar-refractivity contribution is -0.120. The first-order valence-corrected chi connectivity index (χ1v) is 6.22. The Morgan fingerprint density at radius 2 is 1.63 bits per heavy atom. The Balaban J connectivity index is 2.17. The molecule has 0 aromatic heterocycles. The van der Waals surface area contributed by atoms with Crippen LogP contribution in [0.3, 0.4) is 0 Å². The molecule has 0 spiro atoms. The van der Waals surface area contributed by atoms with Crippen LogP contribution in [0.1, 0.15) is 18.1 Å². The molecule has 0 aliphatic heterocycles. The molecule has 0 aliphatic rings. The molecule has 3 heteroatoms. The third-order valence-corrected chi connectivity index (χ3v) is 3.15. The van der Waals surface area contributed by atoms with Crippen molar-refractivity contribution < 1.29 is 4.79 Å². The monoisotopic (exact) mass is 254 g/mol. The quantitative estimate of drug-likeness (QED) is 0.885. The molecule has 0 saturated carbocycles. The summed E-state index contributed by atoms with van der Waals surface area (Å²) < 4.78 is 0. The van der Waals surface area contributed by atoms with E-state index in [-0.39, 0.29) is 5.91 Å². The first-order chi connectivity index (χ1) is 9.00. The lowest BCUT2D eigenvalue weighted by Crippen LogP contribution is -2.45. The number of carbonyl (C=O) groups is 1. The van der Waals surface area contributed by atoms with Crippen LogP contribution < -0.4 is 11.1 Å². The van der Waals surface area contributed by atoms with Crippen molar-refractivity contribution in [1.29, 1.82) is 0 Å². The maximum absolute atomic E-state index is 12.3. The summed E-state index contributed by atoms with van der Waals surface area (Å²) in [5.41, 5.74) is 7.79. The predicted molar refractivity (Wildman–Crippen MR) is 77.8 cm³/mol. The van der Waals surface area contributed by atoms with Crippen LogP contribution in [0.4, 0.5) is 5.69 Å². The van der Waals surface area contributed by atoms with Gasteiger partial charge in [-0.2, -0.15) is 0 Å². The van der Waals surface area contributed by atoms with Gasteiger partial charge in [-0.25, -0.2) is 0 Å². The van der Waals surface area contributed by atoms with E-state index in [0.717, 1.165) is 16.8 Å². The average Bonchev–Trinajstić information content (AvgIpc) is 2.42. The normalized spacial score (nSPS) is 13.6. The van der Waals surface area contributed by atoms with Crippen molar-refractivity contribution in [2.45, 2.75) is 19.4 Å². The Kier molecular flexibility index (Phi) is 3.67. The van der Waals surface area contributed by atoms with Gasteiger partial charge < -0.3 is 11.1 Å². The van der Waals surface area contributed by atoms with Crippen molar-refractivity contribution in [3.8, 4) is 0 Å². The van der Waals surface area contributed by atoms with Crippen molar-refractivity contribution in [2.75, 3.05) is 5.32 Å². The van der Waals surface area contributed by atoms with Gasteiger partial charge in [0.05, 0.1) is 0 Å². The van der Waals surface area contributed by atoms with Crippen LogP contribution in [-0.2, 0) is 10.3 Å². The molecular formula is C16H18N2O. The predicted octanol–water partition coefficient (Wildman–Crippen LogP) is 2.81. The molecule has 2 aromatic carbocycles. The molecule has 0 heterocycles. The number of nitrogens with two attached hydrogens (primary N) is 1. The van der Waals surface area contributed by atoms with Crippen LogP contribution in [0.25, 0.3) is 0 Å². The fourth-order valence-corrected chi connectivity index (χ4v) is 1.81. The van der Waals surface area contributed by atoms with Gasteiger partial charge >= 0.3 is 0 Å². The smallest absolute Gasteiger partial charge is 0.248 e. The molecule has 1 atom stereocenters. The zero-order chi connectivity index (χ0) is 13.9. The summed E-state index contributed by atoms with van der Waals surface area (Å²) >= 11 is 0. The number of benzene rings is 2. The van der Waals surface area contributed by atoms with Crippen molar-refractivity contribution in [2.24, 2.45) is 5.73 Å². The van der Waals surface area contributed by atoms with E-state index in [1.807, 2.05) is 61.5 Å². The number of amides is 1. The molecular weight excluding hydrogens is 236 g/mol. The number of hydrogen-bond acceptors (Lipinski definition) is 2. The number of aryl methyl sites for hydroxylation is 1. The van der Waals surface area contributed by atoms with Crippen molar-refractivity contribution in [1.82, 2.24) is 0 Å². The summed E-state index contributed by atoms with van der Waals surface area (Å²) in [5.74, 6) is -0.220. The van der Waals surface area contributed by atoms with Crippen molar-refractivity contribution in [3.63, 3.8) is 0 Å². The van der Waals surface area contributed by atoms with Crippen LogP contribution >= 0.6 is 0 Å². The van der Waals surface area contributed by atoms with Gasteiger partial charge in [-0.15, -0.1) is 0 Å². The van der Waals surface area contributed by atoms with Gasteiger partial charge in [0.25, 0.3) is 0 Å². The highest BCUT2D eigenvalue weighted by atomic mass is 16.2. The minimum atomic E-state index is -1.05. The Morgan fingerprint density at radius 3 is 2.21 bits per heavy atom. The fourth-order valence-electron chi connectivity index (χ4n) is 1.81. The molecule has 0 aliphatic carbocycles. The second-order valence-corrected chi connectivity index (χ2v) is 4.89. The first kappa shape index (κ1) is 13.3. The first-order valence-electron chi connectivity index (χ1n) is 6.22. The Bertz CT molecular complexity index is 559. The summed E-state index contributed by atoms with van der Waals surface area (Å²) in [5, 5.41) is 2.84. The summed E-state index contributed by atoms with van der Waals surface area (Å²) in [4.78, 5) is 12.3. The van der Waals surface area contributed by atoms with E-state index in [2.05, 4.69) is 5.32 Å². The molecule has 0 saturated heterocycles. The van der Waals surface area contributed by atoms with Crippen LogP contribution in [0, 0.1) is 6.92 Å². The minimum absolute atomic E-state index is 0.220. The van der Waals surface area contributed by atoms with Gasteiger partial charge in [-0.3, -0.25) is 4.79 Å². The zero-order valence-corrected chi connectivity index (χ0v) is 11.2. The molecule has 0 fully saturated rings. The highest BCUT2D eigenvalue weighted by Crippen LogP contribution is 2.20. The second-order valence-electron chi connectivity index (χ2n) is 4.89. The van der Waals surface area contributed by atoms with Gasteiger partial charge in [0.1, 0.15) is 5.54 Å². The minimum Gasteiger partial charge on any atom is -0.324 e. The molecule has 0 radical (unpaired) electrons. The lowest BCUT2D eigenvalue weighted by Gasteiger charge is -2.24. The van der Waals surface area contributed by atoms with E-state index in [9.17, 15) is 4.79 Å². The SMILES string of the molecule is Cc1ccc(NC(=O)C(C)(N)c2ccccc2)cc1. The molecule has 0 bridgehead atoms. The van der Waals surface area contributed by atoms with Gasteiger partial charge in [-0.05, 0) is 31.5 Å². The summed E-state index contributed by atoms with van der Waals surface area (Å²) in [7, 11) is 0. The van der Waals surface area contributed by atoms with E-state index < -0.39 is 5.54 Å². The maximum atomic E-state index is 12.3. The van der Waals surface area contributed by atoms with Gasteiger partial charge in [-0.1, -0.05) is 48.0 Å². The van der Waals surface area contributed by atoms with E-state index in [1.165, 1.54) is 0 Å². The Hall–Kier alpha value is -2.13. The topological polar surface area (TPSA) is 55.1 Å². The molecule has 98 valence electrons. The largest absolute Gasteiger partial charge is 0.324 e. The van der Waals surface area contributed by atoms with Crippen molar-refractivity contribution >= 4 is 11.6 Å².